The predicted octanol–water partition coefficient (Wildman–Crippen LogP) is 4.49. The molecule has 0 fully saturated rings. The Hall–Kier alpha value is -2.90. The molecule has 170 valence electrons. The van der Waals surface area contributed by atoms with Crippen LogP contribution in [-0.2, 0) is 6.18 Å². The molecule has 1 aliphatic heterocycles. The molecule has 1 aliphatic rings. The Kier molecular flexibility index (Phi) is 5.63. The summed E-state index contributed by atoms with van der Waals surface area (Å²) in [6.45, 7) is 3.08. The molecule has 3 rings (SSSR count). The summed E-state index contributed by atoms with van der Waals surface area (Å²) < 4.78 is 74.3. The van der Waals surface area contributed by atoms with Gasteiger partial charge in [0, 0.05) is 18.0 Å². The third-order valence-corrected chi connectivity index (χ3v) is 4.80. The average molecular weight is 451 g/mol. The van der Waals surface area contributed by atoms with E-state index in [0.29, 0.717) is 0 Å². The molecule has 4 bridgehead atoms. The Labute approximate surface area is 171 Å². The first-order valence-electron chi connectivity index (χ1n) is 9.16. The quantitative estimate of drug-likeness (QED) is 0.369. The summed E-state index contributed by atoms with van der Waals surface area (Å²) >= 11 is 0. The summed E-state index contributed by atoms with van der Waals surface area (Å²) in [6.07, 6.45) is -7.86. The first kappa shape index (κ1) is 22.8. The Morgan fingerprint density at radius 2 is 1.90 bits per heavy atom. The van der Waals surface area contributed by atoms with Crippen molar-refractivity contribution >= 4 is 11.5 Å². The highest BCUT2D eigenvalue weighted by Crippen LogP contribution is 2.42. The predicted molar refractivity (Wildman–Crippen MR) is 95.3 cm³/mol. The molecule has 3 heterocycles. The number of fused-ring (bicyclic) bond motifs is 5. The van der Waals surface area contributed by atoms with E-state index in [4.69, 9.17) is 4.42 Å². The molecule has 0 aromatic carbocycles. The van der Waals surface area contributed by atoms with Gasteiger partial charge in [0.25, 0.3) is 17.7 Å². The standard InChI is InChI=1S/C17H18F5N5O4/c1-15(2)5-3-4-6-16(18,19)11(28)14-26-25-13(31-14)10-9(27(29)30)7-8(17(20,21)22)12(23-10)24-15/h7,11,28H,3-6H2,1-2H3,(H,23,24). The van der Waals surface area contributed by atoms with Crippen LogP contribution in [0.4, 0.5) is 33.5 Å². The molecule has 31 heavy (non-hydrogen) atoms. The number of alkyl halides is 5. The monoisotopic (exact) mass is 451 g/mol. The number of nitro groups is 1. The Morgan fingerprint density at radius 1 is 1.26 bits per heavy atom. The molecule has 14 heteroatoms. The molecule has 2 N–H and O–H groups in total. The Morgan fingerprint density at radius 3 is 2.52 bits per heavy atom. The fourth-order valence-electron chi connectivity index (χ4n) is 3.18. The van der Waals surface area contributed by atoms with Crippen LogP contribution in [-0.4, -0.2) is 36.7 Å². The van der Waals surface area contributed by atoms with Crippen molar-refractivity contribution in [3.8, 4) is 11.6 Å². The van der Waals surface area contributed by atoms with Crippen LogP contribution >= 0.6 is 0 Å². The molecule has 0 spiro atoms. The van der Waals surface area contributed by atoms with Gasteiger partial charge in [0.2, 0.25) is 5.69 Å². The average Bonchev–Trinajstić information content (AvgIpc) is 3.12. The van der Waals surface area contributed by atoms with E-state index in [1.165, 1.54) is 0 Å². The maximum atomic E-state index is 14.3. The number of hydrogen-bond donors (Lipinski definition) is 2. The minimum absolute atomic E-state index is 0.0404. The molecule has 0 radical (unpaired) electrons. The second-order valence-electron chi connectivity index (χ2n) is 7.83. The molecule has 2 aromatic rings. The molecule has 0 amide bonds. The van der Waals surface area contributed by atoms with Crippen molar-refractivity contribution in [2.75, 3.05) is 5.32 Å². The first-order chi connectivity index (χ1) is 14.2. The van der Waals surface area contributed by atoms with Gasteiger partial charge in [0.15, 0.2) is 6.10 Å². The van der Waals surface area contributed by atoms with Crippen LogP contribution in [0.2, 0.25) is 0 Å². The summed E-state index contributed by atoms with van der Waals surface area (Å²) in [7, 11) is 0. The van der Waals surface area contributed by atoms with Crippen molar-refractivity contribution in [3.05, 3.63) is 27.6 Å². The van der Waals surface area contributed by atoms with Gasteiger partial charge in [0.05, 0.1) is 4.92 Å². The highest BCUT2D eigenvalue weighted by molar-refractivity contribution is 5.68. The number of pyridine rings is 1. The van der Waals surface area contributed by atoms with Gasteiger partial charge in [-0.25, -0.2) is 13.8 Å². The van der Waals surface area contributed by atoms with Gasteiger partial charge in [-0.2, -0.15) is 13.2 Å². The number of aliphatic hydroxyl groups excluding tert-OH is 1. The topological polar surface area (TPSA) is 127 Å². The van der Waals surface area contributed by atoms with Gasteiger partial charge in [-0.1, -0.05) is 6.42 Å². The zero-order chi connectivity index (χ0) is 23.2. The summed E-state index contributed by atoms with van der Waals surface area (Å²) in [5, 5.41) is 30.6. The van der Waals surface area contributed by atoms with Crippen molar-refractivity contribution in [1.82, 2.24) is 15.2 Å². The smallest absolute Gasteiger partial charge is 0.416 e. The van der Waals surface area contributed by atoms with Gasteiger partial charge in [-0.15, -0.1) is 10.2 Å². The van der Waals surface area contributed by atoms with Crippen LogP contribution < -0.4 is 5.32 Å². The van der Waals surface area contributed by atoms with Crippen molar-refractivity contribution in [2.24, 2.45) is 0 Å². The van der Waals surface area contributed by atoms with Crippen LogP contribution in [0.15, 0.2) is 10.5 Å². The van der Waals surface area contributed by atoms with Gasteiger partial charge >= 0.3 is 11.9 Å². The largest absolute Gasteiger partial charge is 0.420 e. The zero-order valence-electron chi connectivity index (χ0n) is 16.3. The summed E-state index contributed by atoms with van der Waals surface area (Å²) in [5.74, 6) is -6.04. The van der Waals surface area contributed by atoms with E-state index >= 15 is 0 Å². The van der Waals surface area contributed by atoms with Crippen LogP contribution in [0.5, 0.6) is 0 Å². The molecule has 9 nitrogen and oxygen atoms in total. The lowest BCUT2D eigenvalue weighted by Gasteiger charge is -2.29. The summed E-state index contributed by atoms with van der Waals surface area (Å²) in [5.41, 5.74) is -4.27. The number of aliphatic hydroxyl groups is 1. The van der Waals surface area contributed by atoms with E-state index in [9.17, 15) is 37.2 Å². The number of nitrogens with zero attached hydrogens (tertiary/aromatic N) is 4. The minimum Gasteiger partial charge on any atom is -0.416 e. The highest BCUT2D eigenvalue weighted by Gasteiger charge is 2.44. The lowest BCUT2D eigenvalue weighted by atomic mass is 9.94. The molecule has 1 unspecified atom stereocenters. The lowest BCUT2D eigenvalue weighted by Crippen LogP contribution is -2.33. The van der Waals surface area contributed by atoms with Crippen molar-refractivity contribution in [1.29, 1.82) is 0 Å². The maximum Gasteiger partial charge on any atom is 0.420 e. The molecule has 2 aromatic heterocycles. The Bertz CT molecular complexity index is 992. The highest BCUT2D eigenvalue weighted by atomic mass is 19.4. The van der Waals surface area contributed by atoms with Crippen molar-refractivity contribution < 1.29 is 36.4 Å². The van der Waals surface area contributed by atoms with Crippen molar-refractivity contribution in [3.63, 3.8) is 0 Å². The van der Waals surface area contributed by atoms with Gasteiger partial charge in [-0.05, 0) is 26.7 Å². The van der Waals surface area contributed by atoms with E-state index in [1.807, 2.05) is 0 Å². The zero-order valence-corrected chi connectivity index (χ0v) is 16.3. The van der Waals surface area contributed by atoms with E-state index in [0.717, 1.165) is 0 Å². The SMILES string of the molecule is CC1(C)CCCCC(F)(F)C(O)c2nnc(o2)-c2nc(c(C(F)(F)F)cc2[N+](=O)[O-])N1. The number of halogens is 5. The van der Waals surface area contributed by atoms with E-state index in [2.05, 4.69) is 20.5 Å². The van der Waals surface area contributed by atoms with Crippen LogP contribution in [0.3, 0.4) is 0 Å². The van der Waals surface area contributed by atoms with E-state index < -0.39 is 69.6 Å². The molecule has 0 aliphatic carbocycles. The number of hydrogen-bond acceptors (Lipinski definition) is 8. The molecular formula is C17H18F5N5O4. The van der Waals surface area contributed by atoms with Gasteiger partial charge in [-0.3, -0.25) is 10.1 Å². The second-order valence-corrected chi connectivity index (χ2v) is 7.83. The molecule has 0 saturated carbocycles. The number of aromatic nitrogens is 3. The molecule has 1 atom stereocenters. The first-order valence-corrected chi connectivity index (χ1v) is 9.16. The van der Waals surface area contributed by atoms with Gasteiger partial charge in [0.1, 0.15) is 11.4 Å². The minimum atomic E-state index is -4.97. The fourth-order valence-corrected chi connectivity index (χ4v) is 3.18. The summed E-state index contributed by atoms with van der Waals surface area (Å²) in [4.78, 5) is 14.0. The third-order valence-electron chi connectivity index (χ3n) is 4.80. The maximum absolute atomic E-state index is 14.3. The van der Waals surface area contributed by atoms with Crippen LogP contribution in [0.25, 0.3) is 11.6 Å². The third kappa shape index (κ3) is 4.73. The van der Waals surface area contributed by atoms with Crippen molar-refractivity contribution in [2.45, 2.75) is 63.3 Å². The number of rotatable bonds is 1. The van der Waals surface area contributed by atoms with Gasteiger partial charge < -0.3 is 14.8 Å². The normalized spacial score (nSPS) is 21.1. The second kappa shape index (κ2) is 7.66. The molecule has 0 saturated heterocycles. The molecular weight excluding hydrogens is 433 g/mol. The number of nitrogens with one attached hydrogen (secondary N) is 1. The fraction of sp³-hybridized carbons (Fsp3) is 0.588. The van der Waals surface area contributed by atoms with Crippen LogP contribution in [0.1, 0.15) is 57.1 Å². The van der Waals surface area contributed by atoms with E-state index in [-0.39, 0.29) is 25.3 Å². The lowest BCUT2D eigenvalue weighted by molar-refractivity contribution is -0.384. The number of anilines is 1. The Balaban J connectivity index is 2.26. The van der Waals surface area contributed by atoms with E-state index in [1.54, 1.807) is 13.8 Å². The van der Waals surface area contributed by atoms with Crippen LogP contribution in [0, 0.1) is 10.1 Å². The summed E-state index contributed by atoms with van der Waals surface area (Å²) in [6, 6.07) is 0.265.